The van der Waals surface area contributed by atoms with Gasteiger partial charge in [-0.1, -0.05) is 12.1 Å². The Kier molecular flexibility index (Phi) is 4.34. The van der Waals surface area contributed by atoms with Gasteiger partial charge in [0, 0.05) is 20.6 Å². The largest absolute Gasteiger partial charge is 0.370 e. The number of aryl methyl sites for hydroxylation is 1. The minimum absolute atomic E-state index is 0.103. The van der Waals surface area contributed by atoms with Gasteiger partial charge in [-0.2, -0.15) is 0 Å². The molecule has 1 aliphatic heterocycles. The fourth-order valence-electron chi connectivity index (χ4n) is 3.28. The summed E-state index contributed by atoms with van der Waals surface area (Å²) < 4.78 is 19.2. The lowest BCUT2D eigenvalue weighted by Crippen LogP contribution is -2.49. The topological polar surface area (TPSA) is 49.9 Å². The number of hydrogen-bond donors (Lipinski definition) is 0. The van der Waals surface area contributed by atoms with Gasteiger partial charge in [-0.3, -0.25) is 9.59 Å². The number of carbonyl (C=O) groups is 2. The first-order valence-electron chi connectivity index (χ1n) is 8.24. The molecule has 0 unspecified atom stereocenters. The molecule has 0 radical (unpaired) electrons. The Bertz CT molecular complexity index is 670. The van der Waals surface area contributed by atoms with E-state index in [0.29, 0.717) is 38.1 Å². The van der Waals surface area contributed by atoms with Crippen molar-refractivity contribution in [3.63, 3.8) is 0 Å². The van der Waals surface area contributed by atoms with Gasteiger partial charge in [-0.25, -0.2) is 4.39 Å². The molecular weight excluding hydrogens is 311 g/mol. The molecule has 2 fully saturated rings. The maximum absolute atomic E-state index is 13.5. The number of rotatable bonds is 3. The molecule has 1 aromatic carbocycles. The molecule has 6 heteroatoms. The molecule has 0 bridgehead atoms. The van der Waals surface area contributed by atoms with Crippen molar-refractivity contribution in [2.45, 2.75) is 25.9 Å². The molecule has 1 aromatic rings. The quantitative estimate of drug-likeness (QED) is 0.794. The molecule has 1 aliphatic carbocycles. The van der Waals surface area contributed by atoms with Gasteiger partial charge in [0.2, 0.25) is 11.8 Å². The van der Waals surface area contributed by atoms with E-state index in [-0.39, 0.29) is 23.7 Å². The van der Waals surface area contributed by atoms with Gasteiger partial charge in [-0.15, -0.1) is 0 Å². The molecule has 1 saturated heterocycles. The van der Waals surface area contributed by atoms with E-state index in [9.17, 15) is 14.0 Å². The third-order valence-corrected chi connectivity index (χ3v) is 4.88. The molecule has 1 atom stereocenters. The van der Waals surface area contributed by atoms with Crippen LogP contribution < -0.4 is 0 Å². The van der Waals surface area contributed by atoms with E-state index in [4.69, 9.17) is 4.74 Å². The van der Waals surface area contributed by atoms with Crippen LogP contribution in [0.25, 0.3) is 0 Å². The van der Waals surface area contributed by atoms with E-state index in [1.165, 1.54) is 11.0 Å². The number of halogens is 1. The van der Waals surface area contributed by atoms with Crippen LogP contribution in [0.2, 0.25) is 0 Å². The van der Waals surface area contributed by atoms with Gasteiger partial charge in [0.1, 0.15) is 17.3 Å². The number of ether oxygens (including phenoxy) is 1. The van der Waals surface area contributed by atoms with Crippen LogP contribution in [0.3, 0.4) is 0 Å². The van der Waals surface area contributed by atoms with E-state index in [2.05, 4.69) is 0 Å². The summed E-state index contributed by atoms with van der Waals surface area (Å²) in [7, 11) is 3.36. The van der Waals surface area contributed by atoms with Gasteiger partial charge < -0.3 is 14.5 Å². The highest BCUT2D eigenvalue weighted by molar-refractivity contribution is 6.07. The maximum Gasteiger partial charge on any atom is 0.238 e. The summed E-state index contributed by atoms with van der Waals surface area (Å²) in [6.45, 7) is 3.00. The minimum Gasteiger partial charge on any atom is -0.370 e. The lowest BCUT2D eigenvalue weighted by atomic mass is 10.0. The van der Waals surface area contributed by atoms with Crippen molar-refractivity contribution in [2.75, 3.05) is 33.8 Å². The molecule has 2 aliphatic rings. The first-order chi connectivity index (χ1) is 11.3. The Morgan fingerprint density at radius 1 is 1.33 bits per heavy atom. The van der Waals surface area contributed by atoms with Gasteiger partial charge in [-0.05, 0) is 37.0 Å². The van der Waals surface area contributed by atoms with E-state index in [1.807, 2.05) is 0 Å². The van der Waals surface area contributed by atoms with Crippen LogP contribution in [-0.4, -0.2) is 55.4 Å². The number of morpholine rings is 1. The van der Waals surface area contributed by atoms with Crippen LogP contribution in [0.5, 0.6) is 0 Å². The van der Waals surface area contributed by atoms with Crippen LogP contribution >= 0.6 is 0 Å². The zero-order valence-electron chi connectivity index (χ0n) is 14.3. The molecule has 24 heavy (non-hydrogen) atoms. The second-order valence-corrected chi connectivity index (χ2v) is 6.90. The van der Waals surface area contributed by atoms with Gasteiger partial charge in [0.15, 0.2) is 0 Å². The van der Waals surface area contributed by atoms with Crippen LogP contribution in [0.1, 0.15) is 30.1 Å². The van der Waals surface area contributed by atoms with Crippen molar-refractivity contribution in [3.05, 3.63) is 35.1 Å². The molecule has 5 nitrogen and oxygen atoms in total. The second kappa shape index (κ2) is 6.16. The molecule has 0 N–H and O–H groups in total. The van der Waals surface area contributed by atoms with Crippen molar-refractivity contribution in [1.29, 1.82) is 0 Å². The predicted molar refractivity (Wildman–Crippen MR) is 86.8 cm³/mol. The fraction of sp³-hybridized carbons (Fsp3) is 0.556. The molecule has 130 valence electrons. The summed E-state index contributed by atoms with van der Waals surface area (Å²) in [5.74, 6) is -0.475. The van der Waals surface area contributed by atoms with E-state index < -0.39 is 5.41 Å². The predicted octanol–water partition coefficient (Wildman–Crippen LogP) is 1.90. The zero-order valence-corrected chi connectivity index (χ0v) is 14.3. The number of nitrogens with zero attached hydrogens (tertiary/aromatic N) is 2. The first-order valence-corrected chi connectivity index (χ1v) is 8.24. The highest BCUT2D eigenvalue weighted by atomic mass is 19.1. The van der Waals surface area contributed by atoms with Gasteiger partial charge >= 0.3 is 0 Å². The summed E-state index contributed by atoms with van der Waals surface area (Å²) in [6, 6.07) is 4.87. The Hall–Kier alpha value is -1.95. The maximum atomic E-state index is 13.5. The number of amides is 2. The summed E-state index contributed by atoms with van der Waals surface area (Å²) in [5.41, 5.74) is 0.542. The van der Waals surface area contributed by atoms with Crippen LogP contribution in [0, 0.1) is 18.2 Å². The Morgan fingerprint density at radius 3 is 2.62 bits per heavy atom. The third kappa shape index (κ3) is 2.90. The average molecular weight is 334 g/mol. The van der Waals surface area contributed by atoms with Crippen molar-refractivity contribution >= 4 is 11.8 Å². The summed E-state index contributed by atoms with van der Waals surface area (Å²) >= 11 is 0. The van der Waals surface area contributed by atoms with Crippen molar-refractivity contribution < 1.29 is 18.7 Å². The van der Waals surface area contributed by atoms with E-state index >= 15 is 0 Å². The Morgan fingerprint density at radius 2 is 2.04 bits per heavy atom. The van der Waals surface area contributed by atoms with Gasteiger partial charge in [0.05, 0.1) is 13.2 Å². The highest BCUT2D eigenvalue weighted by Crippen LogP contribution is 2.49. The Labute approximate surface area is 141 Å². The number of hydrogen-bond acceptors (Lipinski definition) is 3. The van der Waals surface area contributed by atoms with Crippen molar-refractivity contribution in [1.82, 2.24) is 9.80 Å². The van der Waals surface area contributed by atoms with E-state index in [0.717, 1.165) is 5.56 Å². The lowest BCUT2D eigenvalue weighted by Gasteiger charge is -2.35. The summed E-state index contributed by atoms with van der Waals surface area (Å²) in [5, 5.41) is 0. The Balaban J connectivity index is 1.75. The smallest absolute Gasteiger partial charge is 0.238 e. The lowest BCUT2D eigenvalue weighted by molar-refractivity contribution is -0.153. The molecule has 3 rings (SSSR count). The average Bonchev–Trinajstić information content (AvgIpc) is 3.37. The van der Waals surface area contributed by atoms with E-state index in [1.54, 1.807) is 38.1 Å². The molecular formula is C18H23FN2O3. The minimum atomic E-state index is -0.871. The standard InChI is InChI=1S/C18H23FN2O3/c1-12-10-13(4-5-14(12)19)15-11-21(8-9-24-15)17(23)18(6-7-18)16(22)20(2)3/h4-5,10,15H,6-9,11H2,1-3H3/t15-/m1/s1. The highest BCUT2D eigenvalue weighted by Gasteiger charge is 2.58. The zero-order chi connectivity index (χ0) is 17.5. The first kappa shape index (κ1) is 16.9. The molecule has 2 amide bonds. The molecule has 0 spiro atoms. The van der Waals surface area contributed by atoms with Gasteiger partial charge in [0.25, 0.3) is 0 Å². The van der Waals surface area contributed by atoms with Crippen LogP contribution in [0.4, 0.5) is 4.39 Å². The number of carbonyl (C=O) groups excluding carboxylic acids is 2. The number of benzene rings is 1. The normalized spacial score (nSPS) is 22.2. The molecule has 1 saturated carbocycles. The van der Waals surface area contributed by atoms with Crippen LogP contribution in [-0.2, 0) is 14.3 Å². The van der Waals surface area contributed by atoms with Crippen LogP contribution in [0.15, 0.2) is 18.2 Å². The second-order valence-electron chi connectivity index (χ2n) is 6.90. The monoisotopic (exact) mass is 334 g/mol. The summed E-state index contributed by atoms with van der Waals surface area (Å²) in [4.78, 5) is 28.5. The SMILES string of the molecule is Cc1cc([C@H]2CN(C(=O)C3(C(=O)N(C)C)CC3)CCO2)ccc1F. The summed E-state index contributed by atoms with van der Waals surface area (Å²) in [6.07, 6.45) is 0.938. The third-order valence-electron chi connectivity index (χ3n) is 4.88. The molecule has 1 heterocycles. The molecule has 0 aromatic heterocycles. The van der Waals surface area contributed by atoms with Crippen molar-refractivity contribution in [3.8, 4) is 0 Å². The van der Waals surface area contributed by atoms with Crippen molar-refractivity contribution in [2.24, 2.45) is 5.41 Å². The fourth-order valence-corrected chi connectivity index (χ4v) is 3.28.